The molecule has 1 aliphatic rings. The zero-order valence-corrected chi connectivity index (χ0v) is 13.9. The summed E-state index contributed by atoms with van der Waals surface area (Å²) in [4.78, 5) is 0. The van der Waals surface area contributed by atoms with Gasteiger partial charge in [-0.15, -0.1) is 0 Å². The molecule has 0 radical (unpaired) electrons. The number of nitrogens with zero attached hydrogens (tertiary/aromatic N) is 2. The molecule has 108 valence electrons. The second-order valence-electron chi connectivity index (χ2n) is 5.58. The minimum Gasteiger partial charge on any atom is -0.309 e. The van der Waals surface area contributed by atoms with Gasteiger partial charge in [0.15, 0.2) is 0 Å². The standard InChI is InChI=1S/C15H26BrN3/c1-4-11-7-8-12(9-11)14(17-5-2)15-13(16)10-18-19(15)6-3/h10-12,14,17H,4-9H2,1-3H3. The Bertz CT molecular complexity index is 402. The summed E-state index contributed by atoms with van der Waals surface area (Å²) in [6.07, 6.45) is 7.35. The summed E-state index contributed by atoms with van der Waals surface area (Å²) < 4.78 is 3.29. The fourth-order valence-electron chi connectivity index (χ4n) is 3.43. The molecular weight excluding hydrogens is 302 g/mol. The third-order valence-electron chi connectivity index (χ3n) is 4.48. The molecule has 0 spiro atoms. The molecule has 1 N–H and O–H groups in total. The molecule has 0 saturated heterocycles. The Morgan fingerprint density at radius 1 is 1.42 bits per heavy atom. The first kappa shape index (κ1) is 15.0. The first-order valence-corrected chi connectivity index (χ1v) is 8.45. The number of nitrogens with one attached hydrogen (secondary N) is 1. The van der Waals surface area contributed by atoms with Gasteiger partial charge in [-0.2, -0.15) is 5.10 Å². The third kappa shape index (κ3) is 3.22. The van der Waals surface area contributed by atoms with Crippen LogP contribution in [0.1, 0.15) is 58.2 Å². The smallest absolute Gasteiger partial charge is 0.0698 e. The zero-order chi connectivity index (χ0) is 13.8. The van der Waals surface area contributed by atoms with Gasteiger partial charge in [-0.1, -0.05) is 26.7 Å². The topological polar surface area (TPSA) is 29.9 Å². The van der Waals surface area contributed by atoms with Gasteiger partial charge in [0.2, 0.25) is 0 Å². The highest BCUT2D eigenvalue weighted by molar-refractivity contribution is 9.10. The van der Waals surface area contributed by atoms with Crippen LogP contribution in [0.2, 0.25) is 0 Å². The van der Waals surface area contributed by atoms with Crippen LogP contribution in [-0.2, 0) is 6.54 Å². The van der Waals surface area contributed by atoms with Crippen molar-refractivity contribution in [1.29, 1.82) is 0 Å². The normalized spacial score (nSPS) is 24.8. The van der Waals surface area contributed by atoms with Crippen molar-refractivity contribution in [3.05, 3.63) is 16.4 Å². The van der Waals surface area contributed by atoms with Crippen LogP contribution in [0.4, 0.5) is 0 Å². The van der Waals surface area contributed by atoms with Crippen molar-refractivity contribution >= 4 is 15.9 Å². The number of hydrogen-bond acceptors (Lipinski definition) is 2. The molecule has 3 atom stereocenters. The largest absolute Gasteiger partial charge is 0.309 e. The van der Waals surface area contributed by atoms with E-state index in [9.17, 15) is 0 Å². The Hall–Kier alpha value is -0.350. The SMILES string of the molecule is CCNC(c1c(Br)cnn1CC)C1CCC(CC)C1. The minimum atomic E-state index is 0.443. The summed E-state index contributed by atoms with van der Waals surface area (Å²) in [6.45, 7) is 8.63. The van der Waals surface area contributed by atoms with Gasteiger partial charge in [0.05, 0.1) is 22.4 Å². The van der Waals surface area contributed by atoms with Crippen molar-refractivity contribution in [3.8, 4) is 0 Å². The minimum absolute atomic E-state index is 0.443. The highest BCUT2D eigenvalue weighted by Crippen LogP contribution is 2.41. The monoisotopic (exact) mass is 327 g/mol. The van der Waals surface area contributed by atoms with E-state index in [1.165, 1.54) is 31.4 Å². The van der Waals surface area contributed by atoms with Gasteiger partial charge in [0.25, 0.3) is 0 Å². The van der Waals surface area contributed by atoms with Crippen molar-refractivity contribution in [2.24, 2.45) is 11.8 Å². The van der Waals surface area contributed by atoms with E-state index in [1.54, 1.807) is 0 Å². The maximum absolute atomic E-state index is 4.48. The molecule has 4 heteroatoms. The van der Waals surface area contributed by atoms with Gasteiger partial charge in [0.1, 0.15) is 0 Å². The Morgan fingerprint density at radius 2 is 2.21 bits per heavy atom. The molecule has 0 bridgehead atoms. The van der Waals surface area contributed by atoms with E-state index in [4.69, 9.17) is 0 Å². The lowest BCUT2D eigenvalue weighted by Gasteiger charge is -2.26. The Labute approximate surface area is 125 Å². The van der Waals surface area contributed by atoms with Crippen LogP contribution < -0.4 is 5.32 Å². The van der Waals surface area contributed by atoms with Crippen molar-refractivity contribution in [2.45, 2.75) is 59.0 Å². The van der Waals surface area contributed by atoms with Crippen LogP contribution in [0.3, 0.4) is 0 Å². The van der Waals surface area contributed by atoms with E-state index < -0.39 is 0 Å². The lowest BCUT2D eigenvalue weighted by Crippen LogP contribution is -2.29. The third-order valence-corrected chi connectivity index (χ3v) is 5.09. The molecule has 0 aliphatic heterocycles. The van der Waals surface area contributed by atoms with Crippen LogP contribution in [0.5, 0.6) is 0 Å². The fourth-order valence-corrected chi connectivity index (χ4v) is 3.97. The molecule has 0 amide bonds. The Kier molecular flexibility index (Phi) is 5.46. The van der Waals surface area contributed by atoms with Gasteiger partial charge in [0, 0.05) is 6.54 Å². The lowest BCUT2D eigenvalue weighted by molar-refractivity contribution is 0.339. The van der Waals surface area contributed by atoms with Crippen molar-refractivity contribution in [2.75, 3.05) is 6.54 Å². The van der Waals surface area contributed by atoms with Crippen molar-refractivity contribution in [1.82, 2.24) is 15.1 Å². The highest BCUT2D eigenvalue weighted by Gasteiger charge is 2.33. The molecule has 19 heavy (non-hydrogen) atoms. The first-order valence-electron chi connectivity index (χ1n) is 7.65. The Morgan fingerprint density at radius 3 is 2.79 bits per heavy atom. The van der Waals surface area contributed by atoms with Gasteiger partial charge < -0.3 is 5.32 Å². The van der Waals surface area contributed by atoms with Crippen LogP contribution in [0.15, 0.2) is 10.7 Å². The van der Waals surface area contributed by atoms with E-state index >= 15 is 0 Å². The molecule has 1 saturated carbocycles. The summed E-state index contributed by atoms with van der Waals surface area (Å²) in [7, 11) is 0. The summed E-state index contributed by atoms with van der Waals surface area (Å²) in [5.41, 5.74) is 1.34. The van der Waals surface area contributed by atoms with E-state index in [1.807, 2.05) is 6.20 Å². The number of aryl methyl sites for hydroxylation is 1. The van der Waals surface area contributed by atoms with Crippen LogP contribution in [0.25, 0.3) is 0 Å². The summed E-state index contributed by atoms with van der Waals surface area (Å²) >= 11 is 3.68. The first-order chi connectivity index (χ1) is 9.21. The predicted octanol–water partition coefficient (Wildman–Crippen LogP) is 4.14. The van der Waals surface area contributed by atoms with Crippen molar-refractivity contribution < 1.29 is 0 Å². The fraction of sp³-hybridized carbons (Fsp3) is 0.800. The number of halogens is 1. The number of rotatable bonds is 6. The molecule has 3 nitrogen and oxygen atoms in total. The van der Waals surface area contributed by atoms with Gasteiger partial charge in [-0.3, -0.25) is 4.68 Å². The molecule has 1 heterocycles. The summed E-state index contributed by atoms with van der Waals surface area (Å²) in [5.74, 6) is 1.67. The van der Waals surface area contributed by atoms with E-state index in [2.05, 4.69) is 51.8 Å². The number of hydrogen-bond donors (Lipinski definition) is 1. The average molecular weight is 328 g/mol. The van der Waals surface area contributed by atoms with Crippen LogP contribution in [0, 0.1) is 11.8 Å². The average Bonchev–Trinajstić information content (AvgIpc) is 3.02. The van der Waals surface area contributed by atoms with E-state index in [0.29, 0.717) is 6.04 Å². The highest BCUT2D eigenvalue weighted by atomic mass is 79.9. The molecule has 1 aliphatic carbocycles. The maximum atomic E-state index is 4.48. The van der Waals surface area contributed by atoms with Gasteiger partial charge in [-0.25, -0.2) is 0 Å². The van der Waals surface area contributed by atoms with E-state index in [0.717, 1.165) is 29.4 Å². The second-order valence-corrected chi connectivity index (χ2v) is 6.43. The molecule has 2 rings (SSSR count). The molecule has 0 aromatic carbocycles. The Balaban J connectivity index is 2.22. The quantitative estimate of drug-likeness (QED) is 0.850. The second kappa shape index (κ2) is 6.89. The summed E-state index contributed by atoms with van der Waals surface area (Å²) in [6, 6.07) is 0.443. The molecule has 1 aromatic rings. The zero-order valence-electron chi connectivity index (χ0n) is 12.3. The van der Waals surface area contributed by atoms with E-state index in [-0.39, 0.29) is 0 Å². The van der Waals surface area contributed by atoms with Crippen molar-refractivity contribution in [3.63, 3.8) is 0 Å². The molecular formula is C15H26BrN3. The predicted molar refractivity (Wildman–Crippen MR) is 83.1 cm³/mol. The maximum Gasteiger partial charge on any atom is 0.0698 e. The molecule has 1 fully saturated rings. The molecule has 1 aromatic heterocycles. The lowest BCUT2D eigenvalue weighted by atomic mass is 9.93. The van der Waals surface area contributed by atoms with Gasteiger partial charge >= 0.3 is 0 Å². The summed E-state index contributed by atoms with van der Waals surface area (Å²) in [5, 5.41) is 8.17. The van der Waals surface area contributed by atoms with Crippen LogP contribution >= 0.6 is 15.9 Å². The number of aromatic nitrogens is 2. The van der Waals surface area contributed by atoms with Gasteiger partial charge in [-0.05, 0) is 54.1 Å². The van der Waals surface area contributed by atoms with Crippen LogP contribution in [-0.4, -0.2) is 16.3 Å². The molecule has 3 unspecified atom stereocenters.